The van der Waals surface area contributed by atoms with Gasteiger partial charge in [-0.3, -0.25) is 0 Å². The summed E-state index contributed by atoms with van der Waals surface area (Å²) in [6.45, 7) is -2.05. The van der Waals surface area contributed by atoms with Gasteiger partial charge in [0.2, 0.25) is 0 Å². The van der Waals surface area contributed by atoms with Gasteiger partial charge in [-0.1, -0.05) is 6.07 Å². The normalized spacial score (nSPS) is 16.9. The molecule has 1 aromatic rings. The SMILES string of the molecule is Cc1ccc2c(c1C(=O)[O-])O[B-](O)(O)CO2. The van der Waals surface area contributed by atoms with Crippen molar-refractivity contribution < 1.29 is 29.3 Å². The van der Waals surface area contributed by atoms with E-state index in [9.17, 15) is 19.9 Å². The molecule has 0 radical (unpaired) electrons. The van der Waals surface area contributed by atoms with Crippen LogP contribution in [0.1, 0.15) is 15.9 Å². The van der Waals surface area contributed by atoms with E-state index >= 15 is 0 Å². The Morgan fingerprint density at radius 1 is 1.50 bits per heavy atom. The number of benzene rings is 1. The molecule has 0 fully saturated rings. The summed E-state index contributed by atoms with van der Waals surface area (Å²) in [7, 11) is 0. The molecule has 86 valence electrons. The smallest absolute Gasteiger partial charge is 0.467 e. The molecular weight excluding hydrogens is 215 g/mol. The van der Waals surface area contributed by atoms with Gasteiger partial charge in [-0.05, 0) is 18.6 Å². The van der Waals surface area contributed by atoms with Crippen LogP contribution in [0.5, 0.6) is 11.5 Å². The maximum Gasteiger partial charge on any atom is 0.467 e. The minimum Gasteiger partial charge on any atom is -0.665 e. The Morgan fingerprint density at radius 2 is 2.19 bits per heavy atom. The first-order valence-electron chi connectivity index (χ1n) is 4.68. The van der Waals surface area contributed by atoms with Gasteiger partial charge in [-0.2, -0.15) is 0 Å². The quantitative estimate of drug-likeness (QED) is 0.568. The molecule has 0 bridgehead atoms. The van der Waals surface area contributed by atoms with E-state index in [1.54, 1.807) is 6.92 Å². The van der Waals surface area contributed by atoms with Crippen molar-refractivity contribution in [3.05, 3.63) is 23.3 Å². The Kier molecular flexibility index (Phi) is 2.29. The highest BCUT2D eigenvalue weighted by Gasteiger charge is 2.32. The molecule has 0 unspecified atom stereocenters. The first kappa shape index (κ1) is 10.8. The Labute approximate surface area is 91.1 Å². The van der Waals surface area contributed by atoms with Gasteiger partial charge in [0.15, 0.2) is 5.75 Å². The van der Waals surface area contributed by atoms with E-state index < -0.39 is 19.2 Å². The van der Waals surface area contributed by atoms with E-state index in [1.807, 2.05) is 0 Å². The van der Waals surface area contributed by atoms with Crippen LogP contribution >= 0.6 is 0 Å². The van der Waals surface area contributed by atoms with Crippen LogP contribution in [0.2, 0.25) is 0 Å². The molecule has 6 nitrogen and oxygen atoms in total. The molecule has 2 rings (SSSR count). The minimum absolute atomic E-state index is 0.158. The Hall–Kier alpha value is -1.73. The zero-order chi connectivity index (χ0) is 11.9. The van der Waals surface area contributed by atoms with Gasteiger partial charge in [0, 0.05) is 5.56 Å². The second kappa shape index (κ2) is 3.39. The van der Waals surface area contributed by atoms with Crippen LogP contribution in [0.3, 0.4) is 0 Å². The number of hydrogen-bond acceptors (Lipinski definition) is 6. The van der Waals surface area contributed by atoms with Crippen molar-refractivity contribution in [2.45, 2.75) is 6.92 Å². The summed E-state index contributed by atoms with van der Waals surface area (Å²) in [6, 6.07) is 3.03. The van der Waals surface area contributed by atoms with Crippen molar-refractivity contribution in [1.82, 2.24) is 0 Å². The second-order valence-electron chi connectivity index (χ2n) is 3.66. The highest BCUT2D eigenvalue weighted by Crippen LogP contribution is 2.37. The van der Waals surface area contributed by atoms with E-state index in [4.69, 9.17) is 9.39 Å². The predicted octanol–water partition coefficient (Wildman–Crippen LogP) is -1.41. The average molecular weight is 224 g/mol. The molecule has 1 aromatic carbocycles. The molecular formula is C9H9BO6-2. The van der Waals surface area contributed by atoms with Crippen molar-refractivity contribution in [3.63, 3.8) is 0 Å². The van der Waals surface area contributed by atoms with Crippen LogP contribution in [-0.2, 0) is 0 Å². The lowest BCUT2D eigenvalue weighted by Crippen LogP contribution is -2.51. The molecule has 0 aliphatic carbocycles. The number of fused-ring (bicyclic) bond motifs is 1. The van der Waals surface area contributed by atoms with Crippen LogP contribution < -0.4 is 14.5 Å². The summed E-state index contributed by atoms with van der Waals surface area (Å²) in [5.74, 6) is -1.49. The number of carboxylic acids is 1. The first-order chi connectivity index (χ1) is 7.41. The number of rotatable bonds is 1. The highest BCUT2D eigenvalue weighted by molar-refractivity contribution is 6.58. The Bertz CT molecular complexity index is 456. The standard InChI is InChI=1S/C9H10BO6/c1-5-2-3-6-8(7(5)9(11)12)16-10(13,14)4-15-6/h2-3,13-14H,4H2,1H3,(H,11,12)/q-1/p-1. The number of carbonyl (C=O) groups excluding carboxylic acids is 1. The molecule has 16 heavy (non-hydrogen) atoms. The third-order valence-corrected chi connectivity index (χ3v) is 2.30. The van der Waals surface area contributed by atoms with E-state index in [0.29, 0.717) is 5.56 Å². The van der Waals surface area contributed by atoms with Crippen molar-refractivity contribution in [2.24, 2.45) is 0 Å². The minimum atomic E-state index is -3.17. The van der Waals surface area contributed by atoms with Gasteiger partial charge in [0.25, 0.3) is 0 Å². The number of aromatic carboxylic acids is 1. The monoisotopic (exact) mass is 224 g/mol. The van der Waals surface area contributed by atoms with Crippen LogP contribution in [-0.4, -0.2) is 29.3 Å². The molecule has 7 heteroatoms. The number of aryl methyl sites for hydroxylation is 1. The van der Waals surface area contributed by atoms with Gasteiger partial charge < -0.3 is 29.3 Å². The van der Waals surface area contributed by atoms with Crippen LogP contribution in [0.25, 0.3) is 0 Å². The van der Waals surface area contributed by atoms with Gasteiger partial charge in [0.1, 0.15) is 5.75 Å². The summed E-state index contributed by atoms with van der Waals surface area (Å²) in [6.07, 6.45) is 0. The third-order valence-electron chi connectivity index (χ3n) is 2.30. The second-order valence-corrected chi connectivity index (χ2v) is 3.66. The van der Waals surface area contributed by atoms with Crippen LogP contribution in [0.4, 0.5) is 0 Å². The van der Waals surface area contributed by atoms with Crippen molar-refractivity contribution >= 4 is 12.7 Å². The lowest BCUT2D eigenvalue weighted by molar-refractivity contribution is -0.255. The zero-order valence-corrected chi connectivity index (χ0v) is 8.47. The van der Waals surface area contributed by atoms with Crippen molar-refractivity contribution in [3.8, 4) is 11.5 Å². The largest absolute Gasteiger partial charge is 0.665 e. The molecule has 0 amide bonds. The van der Waals surface area contributed by atoms with E-state index in [1.165, 1.54) is 12.1 Å². The average Bonchev–Trinajstić information content (AvgIpc) is 2.15. The molecule has 0 spiro atoms. The van der Waals surface area contributed by atoms with Crippen LogP contribution in [0.15, 0.2) is 12.1 Å². The van der Waals surface area contributed by atoms with E-state index in [2.05, 4.69) is 0 Å². The molecule has 0 atom stereocenters. The summed E-state index contributed by atoms with van der Waals surface area (Å²) in [4.78, 5) is 10.9. The van der Waals surface area contributed by atoms with Gasteiger partial charge in [0.05, 0.1) is 12.5 Å². The molecule has 0 saturated carbocycles. The summed E-state index contributed by atoms with van der Waals surface area (Å²) >= 11 is 0. The third kappa shape index (κ3) is 1.70. The number of hydrogen-bond donors (Lipinski definition) is 2. The van der Waals surface area contributed by atoms with Gasteiger partial charge >= 0.3 is 6.75 Å². The fourth-order valence-corrected chi connectivity index (χ4v) is 1.57. The Morgan fingerprint density at radius 3 is 2.81 bits per heavy atom. The summed E-state index contributed by atoms with van der Waals surface area (Å²) < 4.78 is 9.82. The number of carbonyl (C=O) groups is 1. The Balaban J connectivity index is 2.58. The summed E-state index contributed by atoms with van der Waals surface area (Å²) in [5, 5.41) is 29.5. The van der Waals surface area contributed by atoms with Gasteiger partial charge in [-0.15, -0.1) is 0 Å². The zero-order valence-electron chi connectivity index (χ0n) is 8.47. The number of carboxylic acid groups (broad SMARTS) is 1. The lowest BCUT2D eigenvalue weighted by Gasteiger charge is -2.37. The number of ether oxygens (including phenoxy) is 1. The van der Waals surface area contributed by atoms with Crippen molar-refractivity contribution in [2.75, 3.05) is 6.51 Å². The molecule has 1 aliphatic heterocycles. The van der Waals surface area contributed by atoms with Gasteiger partial charge in [-0.25, -0.2) is 0 Å². The van der Waals surface area contributed by atoms with Crippen molar-refractivity contribution in [1.29, 1.82) is 0 Å². The molecule has 0 saturated heterocycles. The summed E-state index contributed by atoms with van der Waals surface area (Å²) in [5.41, 5.74) is 0.169. The maximum atomic E-state index is 10.9. The van der Waals surface area contributed by atoms with E-state index in [0.717, 1.165) is 0 Å². The molecule has 1 aliphatic rings. The first-order valence-corrected chi connectivity index (χ1v) is 4.68. The fraction of sp³-hybridized carbons (Fsp3) is 0.222. The fourth-order valence-electron chi connectivity index (χ4n) is 1.57. The molecule has 2 N–H and O–H groups in total. The molecule has 0 aromatic heterocycles. The lowest BCUT2D eigenvalue weighted by atomic mass is 9.80. The maximum absolute atomic E-state index is 10.9. The topological polar surface area (TPSA) is 99.1 Å². The predicted molar refractivity (Wildman–Crippen MR) is 51.8 cm³/mol. The highest BCUT2D eigenvalue weighted by atomic mass is 16.7. The van der Waals surface area contributed by atoms with Crippen LogP contribution in [0, 0.1) is 6.92 Å². The molecule has 1 heterocycles. The van der Waals surface area contributed by atoms with E-state index in [-0.39, 0.29) is 17.1 Å².